The lowest BCUT2D eigenvalue weighted by atomic mass is 10.5. The van der Waals surface area contributed by atoms with Crippen LogP contribution in [0.4, 0.5) is 24.8 Å². The molecule has 0 amide bonds. The molecule has 1 aromatic heterocycles. The molecule has 6 nitrogen and oxygen atoms in total. The van der Waals surface area contributed by atoms with Gasteiger partial charge in [-0.1, -0.05) is 11.8 Å². The number of thioether (sulfide) groups is 1. The van der Waals surface area contributed by atoms with E-state index in [9.17, 15) is 13.2 Å². The SMILES string of the molecule is CSc1nc(NN)cc(NCCOCC(F)(F)F)n1. The summed E-state index contributed by atoms with van der Waals surface area (Å²) in [4.78, 5) is 8.16. The Morgan fingerprint density at radius 3 is 2.63 bits per heavy atom. The zero-order valence-corrected chi connectivity index (χ0v) is 10.9. The van der Waals surface area contributed by atoms with E-state index in [1.54, 1.807) is 12.3 Å². The van der Waals surface area contributed by atoms with Crippen molar-refractivity contribution in [2.75, 3.05) is 36.8 Å². The van der Waals surface area contributed by atoms with Crippen molar-refractivity contribution in [2.24, 2.45) is 5.84 Å². The van der Waals surface area contributed by atoms with E-state index in [1.807, 2.05) is 0 Å². The molecule has 4 N–H and O–H groups in total. The summed E-state index contributed by atoms with van der Waals surface area (Å²) < 4.78 is 39.9. The van der Waals surface area contributed by atoms with Crippen molar-refractivity contribution in [2.45, 2.75) is 11.3 Å². The fourth-order valence-corrected chi connectivity index (χ4v) is 1.50. The number of halogens is 3. The largest absolute Gasteiger partial charge is 0.411 e. The highest BCUT2D eigenvalue weighted by Gasteiger charge is 2.27. The second-order valence-electron chi connectivity index (χ2n) is 3.36. The maximum atomic E-state index is 11.8. The molecule has 0 saturated carbocycles. The number of rotatable bonds is 7. The maximum Gasteiger partial charge on any atom is 0.411 e. The molecule has 0 spiro atoms. The van der Waals surface area contributed by atoms with Gasteiger partial charge < -0.3 is 15.5 Å². The van der Waals surface area contributed by atoms with Crippen LogP contribution < -0.4 is 16.6 Å². The lowest BCUT2D eigenvalue weighted by molar-refractivity contribution is -0.172. The maximum absolute atomic E-state index is 11.8. The van der Waals surface area contributed by atoms with Gasteiger partial charge in [0.25, 0.3) is 0 Å². The van der Waals surface area contributed by atoms with Crippen LogP contribution in [0.2, 0.25) is 0 Å². The van der Waals surface area contributed by atoms with Crippen LogP contribution in [0.15, 0.2) is 11.2 Å². The monoisotopic (exact) mass is 297 g/mol. The van der Waals surface area contributed by atoms with Crippen molar-refractivity contribution >= 4 is 23.4 Å². The molecule has 0 fully saturated rings. The van der Waals surface area contributed by atoms with Crippen molar-refractivity contribution < 1.29 is 17.9 Å². The van der Waals surface area contributed by atoms with Gasteiger partial charge in [0.2, 0.25) is 0 Å². The summed E-state index contributed by atoms with van der Waals surface area (Å²) in [6, 6.07) is 1.55. The highest BCUT2D eigenvalue weighted by atomic mass is 32.2. The number of hydrogen-bond donors (Lipinski definition) is 3. The van der Waals surface area contributed by atoms with Gasteiger partial charge >= 0.3 is 6.18 Å². The molecule has 108 valence electrons. The Morgan fingerprint density at radius 2 is 2.05 bits per heavy atom. The second kappa shape index (κ2) is 7.36. The number of nitrogens with zero attached hydrogens (tertiary/aromatic N) is 2. The number of nitrogen functional groups attached to an aromatic ring is 1. The quantitative estimate of drug-likeness (QED) is 0.231. The van der Waals surface area contributed by atoms with Gasteiger partial charge in [-0.2, -0.15) is 13.2 Å². The van der Waals surface area contributed by atoms with Crippen molar-refractivity contribution in [3.05, 3.63) is 6.07 Å². The third-order valence-corrected chi connectivity index (χ3v) is 2.40. The van der Waals surface area contributed by atoms with Crippen LogP contribution in [-0.2, 0) is 4.74 Å². The van der Waals surface area contributed by atoms with Crippen LogP contribution in [0.1, 0.15) is 0 Å². The van der Waals surface area contributed by atoms with Gasteiger partial charge in [-0.3, -0.25) is 0 Å². The minimum Gasteiger partial charge on any atom is -0.370 e. The molecule has 0 aliphatic carbocycles. The normalized spacial score (nSPS) is 11.4. The first-order valence-electron chi connectivity index (χ1n) is 5.22. The fraction of sp³-hybridized carbons (Fsp3) is 0.556. The molecule has 1 aromatic rings. The summed E-state index contributed by atoms with van der Waals surface area (Å²) in [5.74, 6) is 6.12. The van der Waals surface area contributed by atoms with E-state index in [-0.39, 0.29) is 13.2 Å². The van der Waals surface area contributed by atoms with Crippen molar-refractivity contribution in [1.29, 1.82) is 0 Å². The Morgan fingerprint density at radius 1 is 1.37 bits per heavy atom. The Hall–Kier alpha value is -1.26. The fourth-order valence-electron chi connectivity index (χ4n) is 1.12. The number of hydrogen-bond acceptors (Lipinski definition) is 7. The lowest BCUT2D eigenvalue weighted by Gasteiger charge is -2.10. The molecule has 19 heavy (non-hydrogen) atoms. The highest BCUT2D eigenvalue weighted by Crippen LogP contribution is 2.16. The summed E-state index contributed by atoms with van der Waals surface area (Å²) in [6.07, 6.45) is -2.51. The Bertz CT molecular complexity index is 382. The number of alkyl halides is 3. The lowest BCUT2D eigenvalue weighted by Crippen LogP contribution is -2.20. The average Bonchev–Trinajstić information content (AvgIpc) is 2.36. The van der Waals surface area contributed by atoms with Gasteiger partial charge in [0.05, 0.1) is 6.61 Å². The first-order valence-corrected chi connectivity index (χ1v) is 6.45. The number of hydrazine groups is 1. The minimum atomic E-state index is -4.31. The predicted molar refractivity (Wildman–Crippen MR) is 67.0 cm³/mol. The Labute approximate surface area is 112 Å². The van der Waals surface area contributed by atoms with Crippen LogP contribution >= 0.6 is 11.8 Å². The number of ether oxygens (including phenoxy) is 1. The van der Waals surface area contributed by atoms with E-state index in [4.69, 9.17) is 5.84 Å². The van der Waals surface area contributed by atoms with Crippen LogP contribution in [0.3, 0.4) is 0 Å². The van der Waals surface area contributed by atoms with Gasteiger partial charge in [0.1, 0.15) is 18.2 Å². The van der Waals surface area contributed by atoms with Gasteiger partial charge in [0, 0.05) is 12.6 Å². The molecular formula is C9H14F3N5OS. The summed E-state index contributed by atoms with van der Waals surface area (Å²) in [5, 5.41) is 3.32. The van der Waals surface area contributed by atoms with E-state index in [1.165, 1.54) is 11.8 Å². The molecule has 0 unspecified atom stereocenters. The zero-order chi connectivity index (χ0) is 14.3. The van der Waals surface area contributed by atoms with Crippen LogP contribution in [0, 0.1) is 0 Å². The van der Waals surface area contributed by atoms with Crippen LogP contribution in [0.25, 0.3) is 0 Å². The van der Waals surface area contributed by atoms with Gasteiger partial charge in [-0.25, -0.2) is 15.8 Å². The molecule has 0 aliphatic heterocycles. The van der Waals surface area contributed by atoms with E-state index < -0.39 is 12.8 Å². The predicted octanol–water partition coefficient (Wildman–Crippen LogP) is 1.47. The number of nitrogens with one attached hydrogen (secondary N) is 2. The van der Waals surface area contributed by atoms with E-state index in [2.05, 4.69) is 25.4 Å². The third-order valence-electron chi connectivity index (χ3n) is 1.85. The number of anilines is 2. The second-order valence-corrected chi connectivity index (χ2v) is 4.14. The summed E-state index contributed by atoms with van der Waals surface area (Å²) >= 11 is 1.32. The van der Waals surface area contributed by atoms with E-state index in [0.29, 0.717) is 16.8 Å². The molecule has 0 aliphatic rings. The third kappa shape index (κ3) is 6.45. The van der Waals surface area contributed by atoms with Crippen molar-refractivity contribution in [3.8, 4) is 0 Å². The molecule has 1 heterocycles. The molecule has 1 rings (SSSR count). The Balaban J connectivity index is 2.40. The summed E-state index contributed by atoms with van der Waals surface area (Å²) in [6.45, 7) is -1.14. The number of aromatic nitrogens is 2. The molecule has 0 aromatic carbocycles. The standard InChI is InChI=1S/C9H14F3N5OS/c1-19-8-15-6(4-7(16-8)17-13)14-2-3-18-5-9(10,11)12/h4H,2-3,5,13H2,1H3,(H2,14,15,16,17). The zero-order valence-electron chi connectivity index (χ0n) is 10.1. The summed E-state index contributed by atoms with van der Waals surface area (Å²) in [7, 11) is 0. The molecule has 10 heteroatoms. The smallest absolute Gasteiger partial charge is 0.370 e. The Kier molecular flexibility index (Phi) is 6.12. The highest BCUT2D eigenvalue weighted by molar-refractivity contribution is 7.98. The molecule has 0 atom stereocenters. The number of nitrogens with two attached hydrogens (primary N) is 1. The van der Waals surface area contributed by atoms with Gasteiger partial charge in [0.15, 0.2) is 5.16 Å². The van der Waals surface area contributed by atoms with Crippen LogP contribution in [-0.4, -0.2) is 42.2 Å². The molecular weight excluding hydrogens is 283 g/mol. The molecule has 0 radical (unpaired) electrons. The van der Waals surface area contributed by atoms with Crippen LogP contribution in [0.5, 0.6) is 0 Å². The minimum absolute atomic E-state index is 0.0799. The first kappa shape index (κ1) is 15.8. The average molecular weight is 297 g/mol. The van der Waals surface area contributed by atoms with Gasteiger partial charge in [-0.15, -0.1) is 0 Å². The van der Waals surface area contributed by atoms with E-state index >= 15 is 0 Å². The van der Waals surface area contributed by atoms with E-state index in [0.717, 1.165) is 0 Å². The molecule has 0 bridgehead atoms. The van der Waals surface area contributed by atoms with Crippen molar-refractivity contribution in [3.63, 3.8) is 0 Å². The molecule has 0 saturated heterocycles. The topological polar surface area (TPSA) is 85.1 Å². The first-order chi connectivity index (χ1) is 8.94. The van der Waals surface area contributed by atoms with Crippen molar-refractivity contribution in [1.82, 2.24) is 9.97 Å². The van der Waals surface area contributed by atoms with Gasteiger partial charge in [-0.05, 0) is 6.26 Å². The summed E-state index contributed by atoms with van der Waals surface area (Å²) in [5.41, 5.74) is 2.38.